The third-order valence-corrected chi connectivity index (χ3v) is 5.74. The van der Waals surface area contributed by atoms with E-state index in [4.69, 9.17) is 9.47 Å². The summed E-state index contributed by atoms with van der Waals surface area (Å²) in [5, 5.41) is 9.32. The Morgan fingerprint density at radius 3 is 2.86 bits per heavy atom. The zero-order valence-electron chi connectivity index (χ0n) is 16.8. The molecule has 28 heavy (non-hydrogen) atoms. The van der Waals surface area contributed by atoms with Gasteiger partial charge >= 0.3 is 0 Å². The molecule has 3 rings (SSSR count). The standard InChI is InChI=1S/C21H33N3O4/c1-17(5-9-25)23-13-20(28-16-19-4-2-3-8-22-19)14-24(21(26)15-23)12-18-6-10-27-11-7-18/h2-4,8,17-18,20,25H,5-7,9-16H2,1H3/t17-,20+/m0/s1. The molecule has 1 amide bonds. The van der Waals surface area contributed by atoms with E-state index < -0.39 is 0 Å². The Kier molecular flexibility index (Phi) is 8.21. The van der Waals surface area contributed by atoms with Gasteiger partial charge in [-0.25, -0.2) is 0 Å². The minimum Gasteiger partial charge on any atom is -0.396 e. The summed E-state index contributed by atoms with van der Waals surface area (Å²) >= 11 is 0. The maximum Gasteiger partial charge on any atom is 0.236 e. The van der Waals surface area contributed by atoms with Gasteiger partial charge in [-0.2, -0.15) is 0 Å². The summed E-state index contributed by atoms with van der Waals surface area (Å²) in [5.74, 6) is 0.649. The van der Waals surface area contributed by atoms with Crippen molar-refractivity contribution < 1.29 is 19.4 Å². The van der Waals surface area contributed by atoms with E-state index in [0.717, 1.165) is 38.3 Å². The SMILES string of the molecule is C[C@@H](CCO)N1CC(=O)N(CC2CCOCC2)C[C@H](OCc2ccccn2)C1. The third-order valence-electron chi connectivity index (χ3n) is 5.74. The molecule has 1 aromatic rings. The van der Waals surface area contributed by atoms with Gasteiger partial charge in [0.15, 0.2) is 0 Å². The zero-order valence-corrected chi connectivity index (χ0v) is 16.8. The lowest BCUT2D eigenvalue weighted by atomic mass is 9.99. The van der Waals surface area contributed by atoms with Crippen LogP contribution in [-0.2, 0) is 20.9 Å². The van der Waals surface area contributed by atoms with Gasteiger partial charge in [0.2, 0.25) is 5.91 Å². The molecular weight excluding hydrogens is 358 g/mol. The zero-order chi connectivity index (χ0) is 19.8. The number of carbonyl (C=O) groups excluding carboxylic acids is 1. The van der Waals surface area contributed by atoms with Crippen LogP contribution < -0.4 is 0 Å². The lowest BCUT2D eigenvalue weighted by molar-refractivity contribution is -0.133. The lowest BCUT2D eigenvalue weighted by Crippen LogP contribution is -2.42. The number of aliphatic hydroxyl groups is 1. The summed E-state index contributed by atoms with van der Waals surface area (Å²) in [5.41, 5.74) is 0.893. The normalized spacial score (nSPS) is 23.6. The number of hydrogen-bond acceptors (Lipinski definition) is 6. The molecule has 7 heteroatoms. The fourth-order valence-electron chi connectivity index (χ4n) is 3.92. The molecule has 0 unspecified atom stereocenters. The van der Waals surface area contributed by atoms with Crippen LogP contribution in [0, 0.1) is 5.92 Å². The van der Waals surface area contributed by atoms with Crippen molar-refractivity contribution >= 4 is 5.91 Å². The topological polar surface area (TPSA) is 75.1 Å². The predicted octanol–water partition coefficient (Wildman–Crippen LogP) is 1.31. The molecule has 0 bridgehead atoms. The first-order valence-corrected chi connectivity index (χ1v) is 10.4. The highest BCUT2D eigenvalue weighted by molar-refractivity contribution is 5.78. The molecule has 3 heterocycles. The molecule has 2 aliphatic heterocycles. The van der Waals surface area contributed by atoms with Crippen molar-refractivity contribution in [2.45, 2.75) is 44.9 Å². The van der Waals surface area contributed by atoms with Crippen LogP contribution in [0.2, 0.25) is 0 Å². The molecular formula is C21H33N3O4. The van der Waals surface area contributed by atoms with Crippen molar-refractivity contribution in [3.05, 3.63) is 30.1 Å². The number of aromatic nitrogens is 1. The van der Waals surface area contributed by atoms with Crippen LogP contribution in [0.4, 0.5) is 0 Å². The van der Waals surface area contributed by atoms with E-state index in [1.165, 1.54) is 0 Å². The van der Waals surface area contributed by atoms with Crippen LogP contribution in [0.1, 0.15) is 31.9 Å². The Labute approximate surface area is 167 Å². The van der Waals surface area contributed by atoms with Gasteiger partial charge in [0.1, 0.15) is 0 Å². The third kappa shape index (κ3) is 6.24. The van der Waals surface area contributed by atoms with Crippen LogP contribution in [0.5, 0.6) is 0 Å². The number of carbonyl (C=O) groups is 1. The number of hydrogen-bond donors (Lipinski definition) is 1. The van der Waals surface area contributed by atoms with E-state index in [0.29, 0.717) is 38.6 Å². The molecule has 0 aromatic carbocycles. The fraction of sp³-hybridized carbons (Fsp3) is 0.714. The fourth-order valence-corrected chi connectivity index (χ4v) is 3.92. The molecule has 2 atom stereocenters. The van der Waals surface area contributed by atoms with Crippen LogP contribution in [0.15, 0.2) is 24.4 Å². The first-order chi connectivity index (χ1) is 13.7. The number of amides is 1. The van der Waals surface area contributed by atoms with Gasteiger partial charge in [-0.15, -0.1) is 0 Å². The van der Waals surface area contributed by atoms with Gasteiger partial charge in [-0.05, 0) is 44.2 Å². The van der Waals surface area contributed by atoms with Gasteiger partial charge in [-0.1, -0.05) is 6.07 Å². The minimum atomic E-state index is -0.0746. The maximum absolute atomic E-state index is 12.9. The van der Waals surface area contributed by atoms with Crippen LogP contribution in [0.25, 0.3) is 0 Å². The van der Waals surface area contributed by atoms with E-state index in [9.17, 15) is 9.90 Å². The van der Waals surface area contributed by atoms with Crippen molar-refractivity contribution in [3.8, 4) is 0 Å². The quantitative estimate of drug-likeness (QED) is 0.720. The Balaban J connectivity index is 1.66. The highest BCUT2D eigenvalue weighted by Crippen LogP contribution is 2.20. The molecule has 1 aromatic heterocycles. The average Bonchev–Trinajstić information content (AvgIpc) is 2.87. The summed E-state index contributed by atoms with van der Waals surface area (Å²) in [6.07, 6.45) is 4.36. The molecule has 7 nitrogen and oxygen atoms in total. The molecule has 0 spiro atoms. The summed E-state index contributed by atoms with van der Waals surface area (Å²) in [4.78, 5) is 21.4. The smallest absolute Gasteiger partial charge is 0.236 e. The summed E-state index contributed by atoms with van der Waals surface area (Å²) in [6, 6.07) is 5.93. The van der Waals surface area contributed by atoms with Crippen LogP contribution in [0.3, 0.4) is 0 Å². The molecule has 0 saturated carbocycles. The van der Waals surface area contributed by atoms with Crippen molar-refractivity contribution in [1.29, 1.82) is 0 Å². The Bertz CT molecular complexity index is 595. The molecule has 0 radical (unpaired) electrons. The van der Waals surface area contributed by atoms with Crippen molar-refractivity contribution in [3.63, 3.8) is 0 Å². The van der Waals surface area contributed by atoms with E-state index in [1.807, 2.05) is 23.1 Å². The van der Waals surface area contributed by atoms with Crippen molar-refractivity contribution in [2.24, 2.45) is 5.92 Å². The van der Waals surface area contributed by atoms with Crippen LogP contribution >= 0.6 is 0 Å². The van der Waals surface area contributed by atoms with E-state index >= 15 is 0 Å². The first-order valence-electron chi connectivity index (χ1n) is 10.4. The first kappa shape index (κ1) is 21.2. The van der Waals surface area contributed by atoms with Gasteiger partial charge in [0.05, 0.1) is 24.9 Å². The number of rotatable bonds is 8. The molecule has 2 saturated heterocycles. The molecule has 2 aliphatic rings. The minimum absolute atomic E-state index is 0.0746. The lowest BCUT2D eigenvalue weighted by Gasteiger charge is -2.30. The Hall–Kier alpha value is -1.54. The monoisotopic (exact) mass is 391 g/mol. The molecule has 2 fully saturated rings. The number of nitrogens with zero attached hydrogens (tertiary/aromatic N) is 3. The Morgan fingerprint density at radius 2 is 2.14 bits per heavy atom. The van der Waals surface area contributed by atoms with Gasteiger partial charge < -0.3 is 19.5 Å². The molecule has 1 N–H and O–H groups in total. The van der Waals surface area contributed by atoms with Crippen molar-refractivity contribution in [2.75, 3.05) is 46.0 Å². The number of pyridine rings is 1. The van der Waals surface area contributed by atoms with E-state index in [-0.39, 0.29) is 24.7 Å². The summed E-state index contributed by atoms with van der Waals surface area (Å²) < 4.78 is 11.6. The Morgan fingerprint density at radius 1 is 1.32 bits per heavy atom. The number of aliphatic hydroxyl groups excluding tert-OH is 1. The second-order valence-electron chi connectivity index (χ2n) is 7.90. The second-order valence-corrected chi connectivity index (χ2v) is 7.90. The van der Waals surface area contributed by atoms with E-state index in [1.54, 1.807) is 6.20 Å². The highest BCUT2D eigenvalue weighted by atomic mass is 16.5. The molecule has 156 valence electrons. The van der Waals surface area contributed by atoms with Gasteiger partial charge in [0.25, 0.3) is 0 Å². The average molecular weight is 392 g/mol. The highest BCUT2D eigenvalue weighted by Gasteiger charge is 2.32. The van der Waals surface area contributed by atoms with Gasteiger partial charge in [0, 0.05) is 51.7 Å². The maximum atomic E-state index is 12.9. The molecule has 0 aliphatic carbocycles. The summed E-state index contributed by atoms with van der Waals surface area (Å²) in [7, 11) is 0. The second kappa shape index (κ2) is 10.9. The van der Waals surface area contributed by atoms with Crippen LogP contribution in [-0.4, -0.2) is 83.9 Å². The number of ether oxygens (including phenoxy) is 2. The van der Waals surface area contributed by atoms with Gasteiger partial charge in [-0.3, -0.25) is 14.7 Å². The largest absolute Gasteiger partial charge is 0.396 e. The summed E-state index contributed by atoms with van der Waals surface area (Å²) in [6.45, 7) is 6.63. The van der Waals surface area contributed by atoms with E-state index in [2.05, 4.69) is 16.8 Å². The van der Waals surface area contributed by atoms with Crippen molar-refractivity contribution in [1.82, 2.24) is 14.8 Å². The predicted molar refractivity (Wildman–Crippen MR) is 106 cm³/mol.